The predicted molar refractivity (Wildman–Crippen MR) is 67.5 cm³/mol. The number of hydrogen-bond donors (Lipinski definition) is 0. The highest BCUT2D eigenvalue weighted by Crippen LogP contribution is 2.21. The second kappa shape index (κ2) is 5.77. The number of hydrogen-bond acceptors (Lipinski definition) is 2. The van der Waals surface area contributed by atoms with Crippen molar-refractivity contribution in [1.82, 2.24) is 4.98 Å². The van der Waals surface area contributed by atoms with Crippen LogP contribution < -0.4 is 4.74 Å². The fourth-order valence-corrected chi connectivity index (χ4v) is 1.74. The van der Waals surface area contributed by atoms with Crippen molar-refractivity contribution in [2.75, 3.05) is 6.61 Å². The summed E-state index contributed by atoms with van der Waals surface area (Å²) in [4.78, 5) is 4.19. The molecule has 0 atom stereocenters. The van der Waals surface area contributed by atoms with Crippen LogP contribution in [0.5, 0.6) is 5.75 Å². The topological polar surface area (TPSA) is 22.1 Å². The Bertz CT molecular complexity index is 490. The highest BCUT2D eigenvalue weighted by atomic mass is 79.9. The molecular weight excluding hydrogens is 285 g/mol. The van der Waals surface area contributed by atoms with E-state index in [2.05, 4.69) is 20.9 Å². The van der Waals surface area contributed by atoms with Crippen LogP contribution in [0, 0.1) is 5.82 Å². The van der Waals surface area contributed by atoms with Crippen molar-refractivity contribution < 1.29 is 9.13 Å². The van der Waals surface area contributed by atoms with Gasteiger partial charge in [-0.05, 0) is 46.3 Å². The lowest BCUT2D eigenvalue weighted by molar-refractivity contribution is 0.319. The molecule has 0 aliphatic carbocycles. The molecule has 0 aliphatic rings. The van der Waals surface area contributed by atoms with Gasteiger partial charge in [-0.15, -0.1) is 0 Å². The minimum Gasteiger partial charge on any atom is -0.493 e. The number of aromatic nitrogens is 1. The molecule has 0 unspecified atom stereocenters. The van der Waals surface area contributed by atoms with Crippen molar-refractivity contribution in [2.24, 2.45) is 0 Å². The fourth-order valence-electron chi connectivity index (χ4n) is 1.39. The molecule has 1 aromatic carbocycles. The number of nitrogens with zero attached hydrogens (tertiary/aromatic N) is 1. The Balaban J connectivity index is 1.88. The first-order chi connectivity index (χ1) is 8.25. The van der Waals surface area contributed by atoms with Gasteiger partial charge in [-0.1, -0.05) is 6.07 Å². The van der Waals surface area contributed by atoms with E-state index < -0.39 is 0 Å². The van der Waals surface area contributed by atoms with E-state index in [1.54, 1.807) is 18.3 Å². The van der Waals surface area contributed by atoms with Gasteiger partial charge in [0, 0.05) is 18.3 Å². The summed E-state index contributed by atoms with van der Waals surface area (Å²) < 4.78 is 18.9. The largest absolute Gasteiger partial charge is 0.493 e. The first kappa shape index (κ1) is 12.0. The zero-order valence-electron chi connectivity index (χ0n) is 9.07. The zero-order chi connectivity index (χ0) is 12.1. The minimum atomic E-state index is -0.290. The maximum Gasteiger partial charge on any atom is 0.137 e. The van der Waals surface area contributed by atoms with E-state index in [4.69, 9.17) is 4.74 Å². The van der Waals surface area contributed by atoms with Gasteiger partial charge in [0.15, 0.2) is 0 Å². The van der Waals surface area contributed by atoms with Crippen LogP contribution in [0.1, 0.15) is 5.69 Å². The first-order valence-electron chi connectivity index (χ1n) is 5.23. The highest BCUT2D eigenvalue weighted by molar-refractivity contribution is 9.10. The molecule has 0 amide bonds. The summed E-state index contributed by atoms with van der Waals surface area (Å²) in [5, 5.41) is 0. The molecular formula is C13H11BrFNO. The highest BCUT2D eigenvalue weighted by Gasteiger charge is 2.01. The number of pyridine rings is 1. The Labute approximate surface area is 108 Å². The molecule has 1 heterocycles. The third-order valence-corrected chi connectivity index (χ3v) is 2.85. The van der Waals surface area contributed by atoms with E-state index >= 15 is 0 Å². The van der Waals surface area contributed by atoms with Crippen molar-refractivity contribution >= 4 is 15.9 Å². The van der Waals surface area contributed by atoms with Crippen LogP contribution in [0.2, 0.25) is 0 Å². The van der Waals surface area contributed by atoms with E-state index in [0.717, 1.165) is 12.1 Å². The Kier molecular flexibility index (Phi) is 4.09. The number of halogens is 2. The first-order valence-corrected chi connectivity index (χ1v) is 6.03. The molecule has 4 heteroatoms. The third-order valence-electron chi connectivity index (χ3n) is 2.24. The molecule has 2 rings (SSSR count). The van der Waals surface area contributed by atoms with Gasteiger partial charge >= 0.3 is 0 Å². The number of rotatable bonds is 4. The zero-order valence-corrected chi connectivity index (χ0v) is 10.7. The molecule has 0 bridgehead atoms. The van der Waals surface area contributed by atoms with Crippen LogP contribution in [-0.4, -0.2) is 11.6 Å². The van der Waals surface area contributed by atoms with Crippen LogP contribution in [0.3, 0.4) is 0 Å². The lowest BCUT2D eigenvalue weighted by Crippen LogP contribution is -2.02. The Morgan fingerprint density at radius 3 is 2.82 bits per heavy atom. The second-order valence-electron chi connectivity index (χ2n) is 3.50. The van der Waals surface area contributed by atoms with E-state index in [1.165, 1.54) is 6.07 Å². The maximum atomic E-state index is 13.0. The molecule has 0 radical (unpaired) electrons. The van der Waals surface area contributed by atoms with Gasteiger partial charge in [0.05, 0.1) is 11.1 Å². The smallest absolute Gasteiger partial charge is 0.137 e. The number of benzene rings is 1. The lowest BCUT2D eigenvalue weighted by Gasteiger charge is -2.06. The van der Waals surface area contributed by atoms with Crippen molar-refractivity contribution in [1.29, 1.82) is 0 Å². The SMILES string of the molecule is Fc1ccc(OCCc2ccccn2)cc1Br. The monoisotopic (exact) mass is 295 g/mol. The maximum absolute atomic E-state index is 13.0. The molecule has 1 aromatic heterocycles. The molecule has 2 aromatic rings. The van der Waals surface area contributed by atoms with Gasteiger partial charge < -0.3 is 4.74 Å². The van der Waals surface area contributed by atoms with E-state index in [0.29, 0.717) is 16.8 Å². The summed E-state index contributed by atoms with van der Waals surface area (Å²) in [5.74, 6) is 0.358. The van der Waals surface area contributed by atoms with E-state index in [1.807, 2.05) is 18.2 Å². The molecule has 17 heavy (non-hydrogen) atoms. The van der Waals surface area contributed by atoms with Crippen molar-refractivity contribution in [3.63, 3.8) is 0 Å². The van der Waals surface area contributed by atoms with Crippen LogP contribution in [0.25, 0.3) is 0 Å². The summed E-state index contributed by atoms with van der Waals surface area (Å²) >= 11 is 3.12. The minimum absolute atomic E-state index is 0.290. The molecule has 88 valence electrons. The summed E-state index contributed by atoms with van der Waals surface area (Å²) in [6.45, 7) is 0.523. The number of ether oxygens (including phenoxy) is 1. The van der Waals surface area contributed by atoms with Gasteiger partial charge in [0.25, 0.3) is 0 Å². The molecule has 0 fully saturated rings. The average molecular weight is 296 g/mol. The standard InChI is InChI=1S/C13H11BrFNO/c14-12-9-11(4-5-13(12)15)17-8-6-10-3-1-2-7-16-10/h1-5,7,9H,6,8H2. The Hall–Kier alpha value is -1.42. The van der Waals surface area contributed by atoms with Crippen molar-refractivity contribution in [2.45, 2.75) is 6.42 Å². The normalized spacial score (nSPS) is 10.2. The van der Waals surface area contributed by atoms with E-state index in [9.17, 15) is 4.39 Å². The summed E-state index contributed by atoms with van der Waals surface area (Å²) in [6, 6.07) is 10.4. The van der Waals surface area contributed by atoms with Crippen LogP contribution >= 0.6 is 15.9 Å². The molecule has 0 saturated heterocycles. The summed E-state index contributed by atoms with van der Waals surface area (Å²) in [5.41, 5.74) is 0.980. The quantitative estimate of drug-likeness (QED) is 0.860. The second-order valence-corrected chi connectivity index (χ2v) is 4.35. The molecule has 0 aliphatic heterocycles. The molecule has 0 saturated carbocycles. The summed E-state index contributed by atoms with van der Waals surface area (Å²) in [6.07, 6.45) is 2.49. The lowest BCUT2D eigenvalue weighted by atomic mass is 10.3. The van der Waals surface area contributed by atoms with Gasteiger partial charge in [-0.25, -0.2) is 4.39 Å². The van der Waals surface area contributed by atoms with Crippen molar-refractivity contribution in [3.8, 4) is 5.75 Å². The van der Waals surface area contributed by atoms with Crippen molar-refractivity contribution in [3.05, 3.63) is 58.6 Å². The van der Waals surface area contributed by atoms with Gasteiger partial charge in [0.2, 0.25) is 0 Å². The molecule has 0 spiro atoms. The third kappa shape index (κ3) is 3.53. The van der Waals surface area contributed by atoms with Gasteiger partial charge in [-0.3, -0.25) is 4.98 Å². The van der Waals surface area contributed by atoms with E-state index in [-0.39, 0.29) is 5.82 Å². The molecule has 2 nitrogen and oxygen atoms in total. The Morgan fingerprint density at radius 2 is 2.12 bits per heavy atom. The van der Waals surface area contributed by atoms with Gasteiger partial charge in [-0.2, -0.15) is 0 Å². The van der Waals surface area contributed by atoms with Crippen LogP contribution in [0.15, 0.2) is 47.1 Å². The molecule has 0 N–H and O–H groups in total. The van der Waals surface area contributed by atoms with Crippen LogP contribution in [-0.2, 0) is 6.42 Å². The fraction of sp³-hybridized carbons (Fsp3) is 0.154. The predicted octanol–water partition coefficient (Wildman–Crippen LogP) is 3.60. The summed E-state index contributed by atoms with van der Waals surface area (Å²) in [7, 11) is 0. The van der Waals surface area contributed by atoms with Gasteiger partial charge in [0.1, 0.15) is 11.6 Å². The van der Waals surface area contributed by atoms with Crippen LogP contribution in [0.4, 0.5) is 4.39 Å². The Morgan fingerprint density at radius 1 is 1.24 bits per heavy atom. The average Bonchev–Trinajstić information content (AvgIpc) is 2.35.